The number of halogens is 1. The molecule has 2 nitrogen and oxygen atoms in total. The van der Waals surface area contributed by atoms with Crippen LogP contribution in [0.4, 0.5) is 0 Å². The highest BCUT2D eigenvalue weighted by atomic mass is 127. The van der Waals surface area contributed by atoms with Gasteiger partial charge in [-0.25, -0.2) is 0 Å². The number of allylic oxidation sites excluding steroid dienone is 2. The standard InChI is InChI=1S/C9H14INO/c1-6-8(12-5)9(10-3)7(2)11-4/h6H,1,3H2,2,4-5H3/b9-8-,11-7?. The Balaban J connectivity index is 5.08. The molecule has 0 aliphatic carbocycles. The Bertz CT molecular complexity index is 241. The Morgan fingerprint density at radius 1 is 1.58 bits per heavy atom. The van der Waals surface area contributed by atoms with Gasteiger partial charge in [-0.2, -0.15) is 0 Å². The number of methoxy groups -OCH3 is 1. The predicted molar refractivity (Wildman–Crippen MR) is 64.4 cm³/mol. The van der Waals surface area contributed by atoms with Crippen LogP contribution in [0.5, 0.6) is 0 Å². The van der Waals surface area contributed by atoms with E-state index in [-0.39, 0.29) is 20.7 Å². The molecule has 0 amide bonds. The van der Waals surface area contributed by atoms with Crippen molar-refractivity contribution < 1.29 is 4.74 Å². The summed E-state index contributed by atoms with van der Waals surface area (Å²) in [5.74, 6) is 0.806. The number of hydrogen-bond acceptors (Lipinski definition) is 2. The molecule has 0 atom stereocenters. The van der Waals surface area contributed by atoms with Gasteiger partial charge in [0.15, 0.2) is 0 Å². The molecule has 0 bridgehead atoms. The van der Waals surface area contributed by atoms with Crippen molar-refractivity contribution in [2.45, 2.75) is 6.92 Å². The topological polar surface area (TPSA) is 21.6 Å². The van der Waals surface area contributed by atoms with Crippen LogP contribution < -0.4 is 0 Å². The minimum absolute atomic E-state index is 0.256. The predicted octanol–water partition coefficient (Wildman–Crippen LogP) is 2.52. The Morgan fingerprint density at radius 3 is 2.42 bits per heavy atom. The minimum atomic E-state index is -0.256. The van der Waals surface area contributed by atoms with Crippen LogP contribution in [-0.2, 0) is 4.74 Å². The SMILES string of the molecule is C=C/C(OC)=C(/I=C)C(C)=NC. The smallest absolute Gasteiger partial charge is 0.132 e. The zero-order chi connectivity index (χ0) is 9.56. The molecule has 0 aliphatic rings. The molecule has 0 aromatic heterocycles. The third-order valence-electron chi connectivity index (χ3n) is 1.41. The molecule has 12 heavy (non-hydrogen) atoms. The first-order valence-corrected chi connectivity index (χ1v) is 6.04. The van der Waals surface area contributed by atoms with E-state index in [4.69, 9.17) is 4.74 Å². The summed E-state index contributed by atoms with van der Waals surface area (Å²) in [6.07, 6.45) is 1.70. The van der Waals surface area contributed by atoms with E-state index in [0.717, 1.165) is 15.1 Å². The molecule has 0 aromatic rings. The van der Waals surface area contributed by atoms with Gasteiger partial charge >= 0.3 is 0 Å². The number of aliphatic imine (C=N–C) groups is 1. The van der Waals surface area contributed by atoms with E-state index in [1.54, 1.807) is 20.2 Å². The summed E-state index contributed by atoms with van der Waals surface area (Å²) in [5, 5.41) is 0. The van der Waals surface area contributed by atoms with Gasteiger partial charge in [-0.15, -0.1) is 0 Å². The zero-order valence-electron chi connectivity index (χ0n) is 7.72. The van der Waals surface area contributed by atoms with E-state index in [2.05, 4.69) is 16.1 Å². The molecule has 0 aliphatic heterocycles. The first-order valence-electron chi connectivity index (χ1n) is 3.44. The molecule has 0 N–H and O–H groups in total. The molecule has 0 heterocycles. The Hall–Kier alpha value is -0.450. The van der Waals surface area contributed by atoms with Gasteiger partial charge in [-0.3, -0.25) is 4.99 Å². The molecule has 0 rings (SSSR count). The number of hydrogen-bond donors (Lipinski definition) is 0. The van der Waals surface area contributed by atoms with Gasteiger partial charge in [-0.1, -0.05) is 31.8 Å². The maximum absolute atomic E-state index is 5.14. The molecule has 0 spiro atoms. The lowest BCUT2D eigenvalue weighted by atomic mass is 10.3. The third kappa shape index (κ3) is 2.89. The number of rotatable bonds is 4. The molecular formula is C9H14INO. The van der Waals surface area contributed by atoms with Gasteiger partial charge in [0, 0.05) is 12.8 Å². The van der Waals surface area contributed by atoms with Gasteiger partial charge in [0.25, 0.3) is 0 Å². The highest BCUT2D eigenvalue weighted by Crippen LogP contribution is 2.20. The summed E-state index contributed by atoms with van der Waals surface area (Å²) >= 11 is -0.256. The van der Waals surface area contributed by atoms with Crippen molar-refractivity contribution in [3.8, 4) is 0 Å². The lowest BCUT2D eigenvalue weighted by Crippen LogP contribution is -1.96. The summed E-state index contributed by atoms with van der Waals surface area (Å²) in [6, 6.07) is 0. The van der Waals surface area contributed by atoms with Crippen LogP contribution in [0.2, 0.25) is 0 Å². The lowest BCUT2D eigenvalue weighted by Gasteiger charge is -2.05. The van der Waals surface area contributed by atoms with Gasteiger partial charge < -0.3 is 4.74 Å². The highest BCUT2D eigenvalue weighted by Gasteiger charge is 2.03. The van der Waals surface area contributed by atoms with Gasteiger partial charge in [0.2, 0.25) is 0 Å². The first-order chi connectivity index (χ1) is 5.71. The van der Waals surface area contributed by atoms with Gasteiger partial charge in [-0.05, 0) is 13.0 Å². The third-order valence-corrected chi connectivity index (χ3v) is 3.48. The molecule has 0 saturated heterocycles. The maximum atomic E-state index is 5.14. The van der Waals surface area contributed by atoms with Crippen LogP contribution >= 0.6 is 20.7 Å². The average molecular weight is 279 g/mol. The molecule has 0 unspecified atom stereocenters. The summed E-state index contributed by atoms with van der Waals surface area (Å²) in [5.41, 5.74) is 0.995. The molecular weight excluding hydrogens is 265 g/mol. The number of nitrogens with zero attached hydrogens (tertiary/aromatic N) is 1. The summed E-state index contributed by atoms with van der Waals surface area (Å²) in [7, 11) is 3.41. The van der Waals surface area contributed by atoms with Crippen molar-refractivity contribution in [2.75, 3.05) is 14.2 Å². The molecule has 0 saturated carbocycles. The van der Waals surface area contributed by atoms with E-state index in [9.17, 15) is 0 Å². The van der Waals surface area contributed by atoms with Crippen molar-refractivity contribution in [3.63, 3.8) is 0 Å². The van der Waals surface area contributed by atoms with E-state index >= 15 is 0 Å². The minimum Gasteiger partial charge on any atom is -0.496 e. The van der Waals surface area contributed by atoms with Crippen molar-refractivity contribution in [2.24, 2.45) is 4.99 Å². The fourth-order valence-electron chi connectivity index (χ4n) is 0.702. The fourth-order valence-corrected chi connectivity index (χ4v) is 2.31. The first kappa shape index (κ1) is 11.6. The van der Waals surface area contributed by atoms with Gasteiger partial charge in [0.1, 0.15) is 5.76 Å². The molecule has 68 valence electrons. The van der Waals surface area contributed by atoms with Crippen LogP contribution in [0, 0.1) is 0 Å². The van der Waals surface area contributed by atoms with Crippen LogP contribution in [0.3, 0.4) is 0 Å². The van der Waals surface area contributed by atoms with Crippen LogP contribution in [0.25, 0.3) is 0 Å². The van der Waals surface area contributed by atoms with Crippen LogP contribution in [0.15, 0.2) is 27.0 Å². The second-order valence-electron chi connectivity index (χ2n) is 2.03. The monoisotopic (exact) mass is 279 g/mol. The van der Waals surface area contributed by atoms with Gasteiger partial charge in [0.05, 0.1) is 10.7 Å². The van der Waals surface area contributed by atoms with Crippen LogP contribution in [0.1, 0.15) is 6.92 Å². The van der Waals surface area contributed by atoms with Crippen LogP contribution in [-0.4, -0.2) is 24.4 Å². The van der Waals surface area contributed by atoms with Crippen molar-refractivity contribution >= 4 is 31.0 Å². The Morgan fingerprint density at radius 2 is 2.17 bits per heavy atom. The maximum Gasteiger partial charge on any atom is 0.132 e. The zero-order valence-corrected chi connectivity index (χ0v) is 9.88. The van der Waals surface area contributed by atoms with E-state index < -0.39 is 0 Å². The second-order valence-corrected chi connectivity index (χ2v) is 3.87. The number of ether oxygens (including phenoxy) is 1. The van der Waals surface area contributed by atoms with Crippen molar-refractivity contribution in [1.82, 2.24) is 0 Å². The van der Waals surface area contributed by atoms with Crippen molar-refractivity contribution in [1.29, 1.82) is 0 Å². The largest absolute Gasteiger partial charge is 0.496 e. The Labute approximate surface area is 83.8 Å². The second kappa shape index (κ2) is 6.11. The Kier molecular flexibility index (Phi) is 5.88. The molecule has 0 fully saturated rings. The van der Waals surface area contributed by atoms with E-state index in [1.165, 1.54) is 0 Å². The quantitative estimate of drug-likeness (QED) is 0.335. The highest BCUT2D eigenvalue weighted by molar-refractivity contribution is 14.2. The van der Waals surface area contributed by atoms with E-state index in [0.29, 0.717) is 0 Å². The normalized spacial score (nSPS) is 13.8. The molecule has 0 radical (unpaired) electrons. The van der Waals surface area contributed by atoms with E-state index in [1.807, 2.05) is 6.92 Å². The summed E-state index contributed by atoms with van der Waals surface area (Å²) < 4.78 is 10.2. The van der Waals surface area contributed by atoms with Crippen molar-refractivity contribution in [3.05, 3.63) is 22.0 Å². The molecule has 0 aromatic carbocycles. The summed E-state index contributed by atoms with van der Waals surface area (Å²) in [6.45, 7) is 5.63. The fraction of sp³-hybridized carbons (Fsp3) is 0.333. The average Bonchev–Trinajstić information content (AvgIpc) is 2.12. The lowest BCUT2D eigenvalue weighted by molar-refractivity contribution is 0.307. The molecule has 3 heteroatoms. The summed E-state index contributed by atoms with van der Waals surface area (Å²) in [4.78, 5) is 4.09.